The number of carbonyl (C=O) groups is 3. The van der Waals surface area contributed by atoms with Crippen LogP contribution in [0.25, 0.3) is 0 Å². The van der Waals surface area contributed by atoms with Crippen LogP contribution in [0.15, 0.2) is 40.5 Å². The molecule has 332 valence electrons. The van der Waals surface area contributed by atoms with Crippen LogP contribution in [0.4, 0.5) is 4.39 Å². The number of hydrogen-bond donors (Lipinski definition) is 2. The zero-order valence-electron chi connectivity index (χ0n) is 37.5. The van der Waals surface area contributed by atoms with Crippen molar-refractivity contribution < 1.29 is 52.8 Å². The van der Waals surface area contributed by atoms with Gasteiger partial charge in [-0.05, 0) is 105 Å². The third-order valence-corrected chi connectivity index (χ3v) is 12.9. The summed E-state index contributed by atoms with van der Waals surface area (Å²) in [4.78, 5) is 53.8. The molecule has 3 heterocycles. The van der Waals surface area contributed by atoms with E-state index in [1.807, 2.05) is 78.9 Å². The zero-order chi connectivity index (χ0) is 44.2. The van der Waals surface area contributed by atoms with Gasteiger partial charge in [0.05, 0.1) is 30.1 Å². The highest BCUT2D eigenvalue weighted by molar-refractivity contribution is 6.08. The molecule has 14 heteroatoms. The van der Waals surface area contributed by atoms with Crippen LogP contribution in [-0.4, -0.2) is 117 Å². The SMILES string of the molecule is CC[C@H]1OC(=O)[C@@](C)(F)C(=O)[C@H](C)[C@@H](O[C@@H]2O[C@H](C)C[C@H](N(C)C(C)(C)C)[C@H]2O)[C@@]2(C)C[C@@H](C)C(=NC(C)=O)[C@H](C)[C@@H](CC/C(=N\OCc3ccccc3)CO2)[C@]1(C)O. The van der Waals surface area contributed by atoms with E-state index in [4.69, 9.17) is 23.8 Å². The third-order valence-electron chi connectivity index (χ3n) is 12.9. The number of esters is 1. The van der Waals surface area contributed by atoms with Gasteiger partial charge >= 0.3 is 5.97 Å². The normalized spacial score (nSPS) is 39.6. The van der Waals surface area contributed by atoms with Gasteiger partial charge in [0.15, 0.2) is 12.1 Å². The Balaban J connectivity index is 1.97. The maximum Gasteiger partial charge on any atom is 0.351 e. The molecule has 13 atom stereocenters. The first-order valence-corrected chi connectivity index (χ1v) is 21.2. The van der Waals surface area contributed by atoms with E-state index >= 15 is 4.39 Å². The minimum absolute atomic E-state index is 0.0765. The summed E-state index contributed by atoms with van der Waals surface area (Å²) in [5.74, 6) is -6.26. The van der Waals surface area contributed by atoms with E-state index in [0.717, 1.165) is 12.5 Å². The lowest BCUT2D eigenvalue weighted by molar-refractivity contribution is -0.299. The molecule has 3 aliphatic rings. The predicted octanol–water partition coefficient (Wildman–Crippen LogP) is 6.39. The van der Waals surface area contributed by atoms with Crippen molar-refractivity contribution in [1.29, 1.82) is 0 Å². The van der Waals surface area contributed by atoms with E-state index in [2.05, 4.69) is 15.0 Å². The molecule has 13 nitrogen and oxygen atoms in total. The molecule has 3 saturated heterocycles. The van der Waals surface area contributed by atoms with Gasteiger partial charge in [0.1, 0.15) is 24.4 Å². The van der Waals surface area contributed by atoms with Crippen molar-refractivity contribution in [3.8, 4) is 0 Å². The van der Waals surface area contributed by atoms with Crippen LogP contribution < -0.4 is 0 Å². The number of ketones is 1. The fraction of sp³-hybridized carbons (Fsp3) is 0.756. The molecule has 3 fully saturated rings. The Morgan fingerprint density at radius 3 is 2.31 bits per heavy atom. The number of aliphatic hydroxyl groups excluding tert-OH is 1. The second-order valence-electron chi connectivity index (χ2n) is 18.7. The number of nitrogens with zero attached hydrogens (tertiary/aromatic N) is 3. The minimum atomic E-state index is -3.17. The number of rotatable bonds is 7. The molecule has 1 aromatic carbocycles. The van der Waals surface area contributed by atoms with E-state index in [0.29, 0.717) is 17.8 Å². The summed E-state index contributed by atoms with van der Waals surface area (Å²) < 4.78 is 42.7. The van der Waals surface area contributed by atoms with Gasteiger partial charge in [-0.1, -0.05) is 63.2 Å². The molecule has 4 rings (SSSR count). The van der Waals surface area contributed by atoms with Crippen molar-refractivity contribution in [3.63, 3.8) is 0 Å². The molecule has 0 aliphatic carbocycles. The van der Waals surface area contributed by atoms with Crippen molar-refractivity contribution in [1.82, 2.24) is 4.90 Å². The lowest BCUT2D eigenvalue weighted by Crippen LogP contribution is -2.62. The number of oxime groups is 1. The summed E-state index contributed by atoms with van der Waals surface area (Å²) in [5, 5.41) is 29.0. The lowest BCUT2D eigenvalue weighted by atomic mass is 9.68. The van der Waals surface area contributed by atoms with Crippen LogP contribution in [0.1, 0.15) is 121 Å². The number of amides is 1. The Kier molecular flexibility index (Phi) is 15.9. The number of cyclic esters (lactones) is 1. The number of fused-ring (bicyclic) bond motifs is 5. The molecule has 2 N–H and O–H groups in total. The molecule has 0 radical (unpaired) electrons. The topological polar surface area (TPSA) is 166 Å². The van der Waals surface area contributed by atoms with Gasteiger partial charge in [-0.25, -0.2) is 14.2 Å². The third kappa shape index (κ3) is 11.2. The molecule has 0 unspecified atom stereocenters. The van der Waals surface area contributed by atoms with Crippen molar-refractivity contribution >= 4 is 29.1 Å². The van der Waals surface area contributed by atoms with Crippen LogP contribution in [-0.2, 0) is 44.8 Å². The van der Waals surface area contributed by atoms with Gasteiger partial charge in [-0.15, -0.1) is 0 Å². The van der Waals surface area contributed by atoms with E-state index in [1.54, 1.807) is 13.8 Å². The smallest absolute Gasteiger partial charge is 0.351 e. The van der Waals surface area contributed by atoms with E-state index in [9.17, 15) is 24.6 Å². The van der Waals surface area contributed by atoms with Crippen LogP contribution in [0.3, 0.4) is 0 Å². The summed E-state index contributed by atoms with van der Waals surface area (Å²) >= 11 is 0. The number of ether oxygens (including phenoxy) is 4. The average Bonchev–Trinajstić information content (AvgIpc) is 3.17. The number of Topliss-reactive ketones (excluding diaryl/α,β-unsaturated/α-hetero) is 1. The molecule has 1 aromatic rings. The number of likely N-dealkylation sites (N-methyl/N-ethyl adjacent to an activating group) is 1. The molecule has 0 spiro atoms. The molecule has 1 amide bonds. The van der Waals surface area contributed by atoms with Gasteiger partial charge in [-0.2, -0.15) is 0 Å². The second-order valence-corrected chi connectivity index (χ2v) is 18.7. The number of aliphatic imine (C=N–C) groups is 1. The molecule has 0 aromatic heterocycles. The maximum absolute atomic E-state index is 17.0. The van der Waals surface area contributed by atoms with Crippen LogP contribution >= 0.6 is 0 Å². The van der Waals surface area contributed by atoms with E-state index in [-0.39, 0.29) is 50.5 Å². The second kappa shape index (κ2) is 19.3. The molecule has 0 saturated carbocycles. The summed E-state index contributed by atoms with van der Waals surface area (Å²) in [7, 11) is 1.92. The number of alkyl halides is 1. The Morgan fingerprint density at radius 2 is 1.71 bits per heavy atom. The van der Waals surface area contributed by atoms with Gasteiger partial charge in [0.2, 0.25) is 5.91 Å². The Bertz CT molecular complexity index is 1680. The Labute approximate surface area is 350 Å². The van der Waals surface area contributed by atoms with Crippen molar-refractivity contribution in [2.24, 2.45) is 33.8 Å². The number of hydrogen-bond acceptors (Lipinski definition) is 12. The van der Waals surface area contributed by atoms with Crippen molar-refractivity contribution in [2.45, 2.75) is 181 Å². The summed E-state index contributed by atoms with van der Waals surface area (Å²) in [6.07, 6.45) is -4.34. The maximum atomic E-state index is 17.0. The van der Waals surface area contributed by atoms with Crippen LogP contribution in [0.5, 0.6) is 0 Å². The van der Waals surface area contributed by atoms with Gasteiger partial charge in [0, 0.05) is 36.1 Å². The van der Waals surface area contributed by atoms with Crippen LogP contribution in [0.2, 0.25) is 0 Å². The number of benzene rings is 1. The quantitative estimate of drug-likeness (QED) is 0.178. The highest BCUT2D eigenvalue weighted by Crippen LogP contribution is 2.43. The first-order chi connectivity index (χ1) is 27.3. The molecule has 3 aliphatic heterocycles. The van der Waals surface area contributed by atoms with Gasteiger partial charge in [0.25, 0.3) is 5.67 Å². The van der Waals surface area contributed by atoms with Crippen LogP contribution in [0, 0.1) is 23.7 Å². The summed E-state index contributed by atoms with van der Waals surface area (Å²) in [6.45, 7) is 20.4. The predicted molar refractivity (Wildman–Crippen MR) is 222 cm³/mol. The minimum Gasteiger partial charge on any atom is -0.457 e. The molecule has 59 heavy (non-hydrogen) atoms. The van der Waals surface area contributed by atoms with Gasteiger partial charge in [-0.3, -0.25) is 14.5 Å². The van der Waals surface area contributed by atoms with E-state index in [1.165, 1.54) is 20.8 Å². The summed E-state index contributed by atoms with van der Waals surface area (Å²) in [5.41, 5.74) is -4.98. The zero-order valence-corrected chi connectivity index (χ0v) is 37.5. The first kappa shape index (κ1) is 48.5. The largest absolute Gasteiger partial charge is 0.457 e. The fourth-order valence-electron chi connectivity index (χ4n) is 9.27. The average molecular weight is 832 g/mol. The monoisotopic (exact) mass is 832 g/mol. The molecule has 2 bridgehead atoms. The summed E-state index contributed by atoms with van der Waals surface area (Å²) in [6, 6.07) is 9.11. The number of halogens is 1. The van der Waals surface area contributed by atoms with Crippen molar-refractivity contribution in [3.05, 3.63) is 35.9 Å². The number of carbonyl (C=O) groups excluding carboxylic acids is 3. The standard InChI is InChI=1S/C45H70FN3O10/c1-14-35-45(12,54)33-21-20-32(48-56-24-31-18-16-15-17-19-31)25-55-43(10,23-26(2)36(28(33)4)47-30(6)50)39(29(5)38(52)44(11,46)41(53)58-35)59-40-37(51)34(22-27(3)57-40)49(13)42(7,8)9/h15-19,26-29,33-35,37,39-40,51,54H,14,20-25H2,1-13H3/b47-36?,48-32+/t26-,27-,28-,29+,33-,34+,35-,37-,39-,40+,43-,44+,45+/m1/s1. The number of aliphatic hydroxyl groups is 2. The highest BCUT2D eigenvalue weighted by atomic mass is 19.1. The Hall–Kier alpha value is -3.14. The van der Waals surface area contributed by atoms with E-state index < -0.39 is 88.8 Å². The first-order valence-electron chi connectivity index (χ1n) is 21.2. The molecular formula is C45H70FN3O10. The highest BCUT2D eigenvalue weighted by Gasteiger charge is 2.56. The lowest BCUT2D eigenvalue weighted by Gasteiger charge is -2.49. The van der Waals surface area contributed by atoms with Gasteiger partial charge < -0.3 is 34.0 Å². The Morgan fingerprint density at radius 1 is 1.07 bits per heavy atom. The fourth-order valence-corrected chi connectivity index (χ4v) is 9.27. The van der Waals surface area contributed by atoms with Crippen molar-refractivity contribution in [2.75, 3.05) is 13.7 Å². The molecular weight excluding hydrogens is 762 g/mol.